The Morgan fingerprint density at radius 2 is 1.50 bits per heavy atom. The number of hydrogen-bond acceptors (Lipinski definition) is 0. The van der Waals surface area contributed by atoms with Gasteiger partial charge < -0.3 is 0 Å². The Morgan fingerprint density at radius 1 is 0.833 bits per heavy atom. The Labute approximate surface area is 112 Å². The number of aryl methyl sites for hydroxylation is 2. The van der Waals surface area contributed by atoms with E-state index in [1.807, 2.05) is 13.8 Å². The van der Waals surface area contributed by atoms with Gasteiger partial charge in [-0.15, -0.1) is 0 Å². The van der Waals surface area contributed by atoms with Gasteiger partial charge in [-0.3, -0.25) is 0 Å². The Balaban J connectivity index is 0.000000771. The van der Waals surface area contributed by atoms with Crippen LogP contribution in [0.3, 0.4) is 0 Å². The summed E-state index contributed by atoms with van der Waals surface area (Å²) in [6.45, 7) is 8.41. The molecular weight excluding hydrogens is 216 g/mol. The predicted molar refractivity (Wildman–Crippen MR) is 81.2 cm³/mol. The molecule has 0 nitrogen and oxygen atoms in total. The van der Waals surface area contributed by atoms with Crippen molar-refractivity contribution >= 4 is 0 Å². The van der Waals surface area contributed by atoms with Gasteiger partial charge in [0.2, 0.25) is 0 Å². The van der Waals surface area contributed by atoms with E-state index in [2.05, 4.69) is 62.4 Å². The molecule has 0 atom stereocenters. The molecule has 0 aliphatic rings. The van der Waals surface area contributed by atoms with Gasteiger partial charge in [0.15, 0.2) is 0 Å². The van der Waals surface area contributed by atoms with Crippen molar-refractivity contribution in [1.29, 1.82) is 0 Å². The van der Waals surface area contributed by atoms with Crippen LogP contribution in [0.4, 0.5) is 0 Å². The highest BCUT2D eigenvalue weighted by molar-refractivity contribution is 5.35. The van der Waals surface area contributed by atoms with Crippen LogP contribution >= 0.6 is 0 Å². The van der Waals surface area contributed by atoms with Gasteiger partial charge in [0.1, 0.15) is 0 Å². The highest BCUT2D eigenvalue weighted by Crippen LogP contribution is 2.15. The molecule has 0 heteroatoms. The molecule has 0 heterocycles. The number of hydrogen-bond donors (Lipinski definition) is 0. The second-order valence-corrected chi connectivity index (χ2v) is 4.28. The van der Waals surface area contributed by atoms with Crippen LogP contribution in [0.25, 0.3) is 0 Å². The molecule has 2 rings (SSSR count). The first-order chi connectivity index (χ1) is 8.79. The van der Waals surface area contributed by atoms with Gasteiger partial charge in [0.25, 0.3) is 0 Å². The monoisotopic (exact) mass is 240 g/mol. The molecule has 0 amide bonds. The van der Waals surface area contributed by atoms with Gasteiger partial charge >= 0.3 is 0 Å². The zero-order chi connectivity index (χ0) is 13.4. The van der Waals surface area contributed by atoms with E-state index < -0.39 is 0 Å². The smallest absolute Gasteiger partial charge is 0.00231 e. The summed E-state index contributed by atoms with van der Waals surface area (Å²) in [6.07, 6.45) is 2.16. The van der Waals surface area contributed by atoms with E-state index >= 15 is 0 Å². The van der Waals surface area contributed by atoms with Crippen molar-refractivity contribution in [2.45, 2.75) is 40.5 Å². The minimum Gasteiger partial charge on any atom is -0.0683 e. The maximum absolute atomic E-state index is 2.30. The molecule has 0 saturated carbocycles. The fourth-order valence-corrected chi connectivity index (χ4v) is 1.99. The van der Waals surface area contributed by atoms with Gasteiger partial charge in [0, 0.05) is 0 Å². The minimum absolute atomic E-state index is 1.04. The fourth-order valence-electron chi connectivity index (χ4n) is 1.99. The zero-order valence-electron chi connectivity index (χ0n) is 12.0. The summed E-state index contributed by atoms with van der Waals surface area (Å²) < 4.78 is 0. The Bertz CT molecular complexity index is 455. The Kier molecular flexibility index (Phi) is 6.21. The summed E-state index contributed by atoms with van der Waals surface area (Å²) in [5, 5.41) is 0. The molecule has 96 valence electrons. The number of rotatable bonds is 3. The molecule has 0 unspecified atom stereocenters. The van der Waals surface area contributed by atoms with Gasteiger partial charge in [-0.1, -0.05) is 69.3 Å². The van der Waals surface area contributed by atoms with Crippen molar-refractivity contribution in [3.05, 3.63) is 70.8 Å². The average Bonchev–Trinajstić information content (AvgIpc) is 2.44. The molecular formula is C18H24. The second-order valence-electron chi connectivity index (χ2n) is 4.28. The van der Waals surface area contributed by atoms with Crippen molar-refractivity contribution in [2.75, 3.05) is 0 Å². The van der Waals surface area contributed by atoms with Crippen LogP contribution in [0, 0.1) is 6.92 Å². The summed E-state index contributed by atoms with van der Waals surface area (Å²) >= 11 is 0. The highest BCUT2D eigenvalue weighted by atomic mass is 14.1. The fraction of sp³-hybridized carbons (Fsp3) is 0.333. The molecule has 0 N–H and O–H groups in total. The Hall–Kier alpha value is -1.56. The SMILES string of the molecule is CC.CCc1ccc(Cc2ccccc2)c(C)c1. The third-order valence-electron chi connectivity index (χ3n) is 3.05. The van der Waals surface area contributed by atoms with Crippen LogP contribution in [0.1, 0.15) is 43.0 Å². The number of benzene rings is 2. The van der Waals surface area contributed by atoms with Crippen LogP contribution in [-0.2, 0) is 12.8 Å². The van der Waals surface area contributed by atoms with E-state index in [4.69, 9.17) is 0 Å². The normalized spacial score (nSPS) is 9.56. The van der Waals surface area contributed by atoms with E-state index in [0.29, 0.717) is 0 Å². The highest BCUT2D eigenvalue weighted by Gasteiger charge is 2.00. The molecule has 2 aromatic carbocycles. The van der Waals surface area contributed by atoms with Crippen molar-refractivity contribution < 1.29 is 0 Å². The molecule has 18 heavy (non-hydrogen) atoms. The summed E-state index contributed by atoms with van der Waals surface area (Å²) in [6, 6.07) is 17.5. The van der Waals surface area contributed by atoms with Crippen LogP contribution in [0.2, 0.25) is 0 Å². The molecule has 0 bridgehead atoms. The van der Waals surface area contributed by atoms with E-state index in [0.717, 1.165) is 12.8 Å². The van der Waals surface area contributed by atoms with Gasteiger partial charge in [-0.05, 0) is 42.0 Å². The Morgan fingerprint density at radius 3 is 2.06 bits per heavy atom. The first-order valence-electron chi connectivity index (χ1n) is 6.92. The molecule has 0 saturated heterocycles. The molecule has 0 fully saturated rings. The lowest BCUT2D eigenvalue weighted by Gasteiger charge is -2.07. The second kappa shape index (κ2) is 7.71. The minimum atomic E-state index is 1.04. The molecule has 0 aliphatic heterocycles. The lowest BCUT2D eigenvalue weighted by molar-refractivity contribution is 1.10. The summed E-state index contributed by atoms with van der Waals surface area (Å²) in [5.74, 6) is 0. The van der Waals surface area contributed by atoms with E-state index in [1.54, 1.807) is 0 Å². The van der Waals surface area contributed by atoms with Crippen molar-refractivity contribution in [1.82, 2.24) is 0 Å². The maximum Gasteiger partial charge on any atom is -0.00231 e. The molecule has 0 aliphatic carbocycles. The maximum atomic E-state index is 2.30. The lowest BCUT2D eigenvalue weighted by Crippen LogP contribution is -1.93. The first-order valence-corrected chi connectivity index (χ1v) is 6.92. The quantitative estimate of drug-likeness (QED) is 0.694. The largest absolute Gasteiger partial charge is 0.0683 e. The van der Waals surface area contributed by atoms with Crippen LogP contribution < -0.4 is 0 Å². The first kappa shape index (κ1) is 14.5. The van der Waals surface area contributed by atoms with E-state index in [1.165, 1.54) is 22.3 Å². The van der Waals surface area contributed by atoms with Gasteiger partial charge in [0.05, 0.1) is 0 Å². The van der Waals surface area contributed by atoms with Crippen molar-refractivity contribution in [3.63, 3.8) is 0 Å². The molecule has 0 radical (unpaired) electrons. The average molecular weight is 240 g/mol. The molecule has 0 aromatic heterocycles. The summed E-state index contributed by atoms with van der Waals surface area (Å²) in [5.41, 5.74) is 5.65. The predicted octanol–water partition coefficient (Wildman–Crippen LogP) is 5.17. The van der Waals surface area contributed by atoms with E-state index in [9.17, 15) is 0 Å². The topological polar surface area (TPSA) is 0 Å². The summed E-state index contributed by atoms with van der Waals surface area (Å²) in [4.78, 5) is 0. The third-order valence-corrected chi connectivity index (χ3v) is 3.05. The summed E-state index contributed by atoms with van der Waals surface area (Å²) in [7, 11) is 0. The van der Waals surface area contributed by atoms with Crippen LogP contribution in [0.5, 0.6) is 0 Å². The molecule has 2 aromatic rings. The van der Waals surface area contributed by atoms with Crippen LogP contribution in [0.15, 0.2) is 48.5 Å². The standard InChI is InChI=1S/C16H18.C2H6/c1-3-14-9-10-16(13(2)11-14)12-15-7-5-4-6-8-15;1-2/h4-11H,3,12H2,1-2H3;1-2H3. The molecule has 0 spiro atoms. The van der Waals surface area contributed by atoms with Crippen molar-refractivity contribution in [2.24, 2.45) is 0 Å². The van der Waals surface area contributed by atoms with Crippen molar-refractivity contribution in [3.8, 4) is 0 Å². The zero-order valence-corrected chi connectivity index (χ0v) is 12.0. The van der Waals surface area contributed by atoms with Crippen LogP contribution in [-0.4, -0.2) is 0 Å². The lowest BCUT2D eigenvalue weighted by atomic mass is 9.98. The van der Waals surface area contributed by atoms with Gasteiger partial charge in [-0.2, -0.15) is 0 Å². The van der Waals surface area contributed by atoms with Gasteiger partial charge in [-0.25, -0.2) is 0 Å². The third kappa shape index (κ3) is 4.03. The van der Waals surface area contributed by atoms with E-state index in [-0.39, 0.29) is 0 Å².